The number of piperazine rings is 1. The summed E-state index contributed by atoms with van der Waals surface area (Å²) in [5, 5.41) is 12.3. The zero-order valence-corrected chi connectivity index (χ0v) is 15.5. The molecule has 0 aromatic heterocycles. The monoisotopic (exact) mass is 356 g/mol. The Bertz CT molecular complexity index is 633. The molecule has 0 radical (unpaired) electrons. The van der Waals surface area contributed by atoms with Crippen LogP contribution in [0.2, 0.25) is 0 Å². The van der Waals surface area contributed by atoms with Gasteiger partial charge in [0.05, 0.1) is 12.6 Å². The van der Waals surface area contributed by atoms with Crippen LogP contribution in [0.4, 0.5) is 0 Å². The van der Waals surface area contributed by atoms with E-state index >= 15 is 0 Å². The zero-order valence-electron chi connectivity index (χ0n) is 15.5. The van der Waals surface area contributed by atoms with Gasteiger partial charge >= 0.3 is 0 Å². The third-order valence-electron chi connectivity index (χ3n) is 5.28. The fourth-order valence-electron chi connectivity index (χ4n) is 3.39. The third kappa shape index (κ3) is 5.20. The SMILES string of the molecule is CC(C#N)(NC(=O)CN1CCN(CCOc2ccccc2)CC1)C1CC1. The van der Waals surface area contributed by atoms with Gasteiger partial charge in [-0.15, -0.1) is 0 Å². The Balaban J connectivity index is 1.33. The molecule has 1 unspecified atom stereocenters. The van der Waals surface area contributed by atoms with Gasteiger partial charge in [0.25, 0.3) is 0 Å². The van der Waals surface area contributed by atoms with Crippen molar-refractivity contribution in [3.8, 4) is 11.8 Å². The number of nitriles is 1. The number of hydrogen-bond acceptors (Lipinski definition) is 5. The van der Waals surface area contributed by atoms with Crippen molar-refractivity contribution in [1.29, 1.82) is 5.26 Å². The summed E-state index contributed by atoms with van der Waals surface area (Å²) in [5.74, 6) is 1.18. The number of amides is 1. The van der Waals surface area contributed by atoms with Crippen LogP contribution in [0.25, 0.3) is 0 Å². The van der Waals surface area contributed by atoms with E-state index in [4.69, 9.17) is 4.74 Å². The van der Waals surface area contributed by atoms with Gasteiger partial charge in [0.15, 0.2) is 0 Å². The van der Waals surface area contributed by atoms with Crippen molar-refractivity contribution in [2.45, 2.75) is 25.3 Å². The highest BCUT2D eigenvalue weighted by Crippen LogP contribution is 2.39. The van der Waals surface area contributed by atoms with Gasteiger partial charge in [0, 0.05) is 32.7 Å². The van der Waals surface area contributed by atoms with E-state index in [-0.39, 0.29) is 5.91 Å². The second-order valence-electron chi connectivity index (χ2n) is 7.42. The first-order valence-corrected chi connectivity index (χ1v) is 9.44. The highest BCUT2D eigenvalue weighted by molar-refractivity contribution is 5.79. The van der Waals surface area contributed by atoms with Gasteiger partial charge in [-0.25, -0.2) is 0 Å². The van der Waals surface area contributed by atoms with Gasteiger partial charge in [0.2, 0.25) is 5.91 Å². The average Bonchev–Trinajstić information content (AvgIpc) is 3.50. The summed E-state index contributed by atoms with van der Waals surface area (Å²) in [5.41, 5.74) is -0.701. The third-order valence-corrected chi connectivity index (χ3v) is 5.28. The number of benzene rings is 1. The van der Waals surface area contributed by atoms with Crippen LogP contribution in [0, 0.1) is 17.2 Å². The van der Waals surface area contributed by atoms with E-state index in [0.717, 1.165) is 51.3 Å². The van der Waals surface area contributed by atoms with Gasteiger partial charge < -0.3 is 10.1 Å². The molecular formula is C20H28N4O2. The molecule has 1 heterocycles. The molecule has 1 N–H and O–H groups in total. The lowest BCUT2D eigenvalue weighted by atomic mass is 9.98. The number of carbonyl (C=O) groups excluding carboxylic acids is 1. The highest BCUT2D eigenvalue weighted by atomic mass is 16.5. The lowest BCUT2D eigenvalue weighted by Crippen LogP contribution is -2.53. The molecule has 140 valence electrons. The van der Waals surface area contributed by atoms with Crippen LogP contribution in [0.1, 0.15) is 19.8 Å². The molecule has 1 saturated carbocycles. The Hall–Kier alpha value is -2.10. The minimum absolute atomic E-state index is 0.0400. The summed E-state index contributed by atoms with van der Waals surface area (Å²) in [6.45, 7) is 7.38. The van der Waals surface area contributed by atoms with E-state index in [1.807, 2.05) is 37.3 Å². The molecule has 1 amide bonds. The Morgan fingerprint density at radius 1 is 1.23 bits per heavy atom. The summed E-state index contributed by atoms with van der Waals surface area (Å²) in [6.07, 6.45) is 2.07. The molecule has 1 aliphatic heterocycles. The Labute approximate surface area is 155 Å². The van der Waals surface area contributed by atoms with Gasteiger partial charge in [-0.1, -0.05) is 18.2 Å². The number of rotatable bonds is 8. The molecule has 26 heavy (non-hydrogen) atoms. The molecule has 6 nitrogen and oxygen atoms in total. The second-order valence-corrected chi connectivity index (χ2v) is 7.42. The zero-order chi connectivity index (χ0) is 18.4. The standard InChI is InChI=1S/C20H28N4O2/c1-20(16-21,17-7-8-17)22-19(25)15-24-11-9-23(10-12-24)13-14-26-18-5-3-2-4-6-18/h2-6,17H,7-15H2,1H3,(H,22,25). The number of nitrogens with zero attached hydrogens (tertiary/aromatic N) is 3. The van der Waals surface area contributed by atoms with Crippen molar-refractivity contribution in [2.24, 2.45) is 5.92 Å². The van der Waals surface area contributed by atoms with Crippen LogP contribution < -0.4 is 10.1 Å². The average molecular weight is 356 g/mol. The first kappa shape index (κ1) is 18.7. The molecule has 1 atom stereocenters. The molecule has 1 saturated heterocycles. The van der Waals surface area contributed by atoms with Crippen LogP contribution in [-0.2, 0) is 4.79 Å². The molecule has 2 fully saturated rings. The smallest absolute Gasteiger partial charge is 0.235 e. The second kappa shape index (κ2) is 8.52. The van der Waals surface area contributed by atoms with Crippen LogP contribution in [0.15, 0.2) is 30.3 Å². The maximum atomic E-state index is 12.3. The summed E-state index contributed by atoms with van der Waals surface area (Å²) in [6, 6.07) is 12.1. The number of carbonyl (C=O) groups is 1. The Morgan fingerprint density at radius 2 is 1.88 bits per heavy atom. The van der Waals surface area contributed by atoms with Gasteiger partial charge in [-0.2, -0.15) is 5.26 Å². The van der Waals surface area contributed by atoms with E-state index in [2.05, 4.69) is 21.2 Å². The van der Waals surface area contributed by atoms with Gasteiger partial charge in [-0.05, 0) is 37.8 Å². The number of nitrogens with one attached hydrogen (secondary N) is 1. The van der Waals surface area contributed by atoms with E-state index < -0.39 is 5.54 Å². The van der Waals surface area contributed by atoms with Crippen LogP contribution in [-0.4, -0.2) is 67.1 Å². The Morgan fingerprint density at radius 3 is 2.50 bits per heavy atom. The summed E-state index contributed by atoms with van der Waals surface area (Å²) in [7, 11) is 0. The summed E-state index contributed by atoms with van der Waals surface area (Å²) < 4.78 is 5.75. The van der Waals surface area contributed by atoms with Crippen molar-refractivity contribution in [3.05, 3.63) is 30.3 Å². The van der Waals surface area contributed by atoms with Crippen molar-refractivity contribution in [2.75, 3.05) is 45.9 Å². The van der Waals surface area contributed by atoms with Crippen LogP contribution >= 0.6 is 0 Å². The first-order chi connectivity index (χ1) is 12.6. The fourth-order valence-corrected chi connectivity index (χ4v) is 3.39. The predicted molar refractivity (Wildman–Crippen MR) is 99.7 cm³/mol. The topological polar surface area (TPSA) is 68.6 Å². The highest BCUT2D eigenvalue weighted by Gasteiger charge is 2.43. The molecule has 6 heteroatoms. The lowest BCUT2D eigenvalue weighted by Gasteiger charge is -2.34. The quantitative estimate of drug-likeness (QED) is 0.764. The van der Waals surface area contributed by atoms with Crippen molar-refractivity contribution in [1.82, 2.24) is 15.1 Å². The maximum absolute atomic E-state index is 12.3. The van der Waals surface area contributed by atoms with Crippen molar-refractivity contribution in [3.63, 3.8) is 0 Å². The number of para-hydroxylation sites is 1. The van der Waals surface area contributed by atoms with Crippen molar-refractivity contribution < 1.29 is 9.53 Å². The molecule has 1 aliphatic carbocycles. The molecule has 2 aliphatic rings. The van der Waals surface area contributed by atoms with E-state index in [1.165, 1.54) is 0 Å². The first-order valence-electron chi connectivity index (χ1n) is 9.44. The summed E-state index contributed by atoms with van der Waals surface area (Å²) in [4.78, 5) is 16.8. The van der Waals surface area contributed by atoms with Crippen molar-refractivity contribution >= 4 is 5.91 Å². The van der Waals surface area contributed by atoms with Gasteiger partial charge in [0.1, 0.15) is 17.9 Å². The lowest BCUT2D eigenvalue weighted by molar-refractivity contribution is -0.124. The Kier molecular flexibility index (Phi) is 6.12. The van der Waals surface area contributed by atoms with Gasteiger partial charge in [-0.3, -0.25) is 14.6 Å². The van der Waals surface area contributed by atoms with E-state index in [9.17, 15) is 10.1 Å². The van der Waals surface area contributed by atoms with Crippen LogP contribution in [0.5, 0.6) is 5.75 Å². The van der Waals surface area contributed by atoms with E-state index in [0.29, 0.717) is 19.1 Å². The molecule has 1 aromatic carbocycles. The normalized spacial score (nSPS) is 20.8. The largest absolute Gasteiger partial charge is 0.492 e. The fraction of sp³-hybridized carbons (Fsp3) is 0.600. The van der Waals surface area contributed by atoms with E-state index in [1.54, 1.807) is 0 Å². The number of hydrogen-bond donors (Lipinski definition) is 1. The molecule has 0 bridgehead atoms. The maximum Gasteiger partial charge on any atom is 0.235 e. The molecule has 0 spiro atoms. The minimum atomic E-state index is -0.701. The predicted octanol–water partition coefficient (Wildman–Crippen LogP) is 1.49. The molecular weight excluding hydrogens is 328 g/mol. The summed E-state index contributed by atoms with van der Waals surface area (Å²) >= 11 is 0. The minimum Gasteiger partial charge on any atom is -0.492 e. The molecule has 1 aromatic rings. The number of ether oxygens (including phenoxy) is 1. The molecule has 3 rings (SSSR count). The van der Waals surface area contributed by atoms with Crippen LogP contribution in [0.3, 0.4) is 0 Å².